The second kappa shape index (κ2) is 4.03. The third-order valence-corrected chi connectivity index (χ3v) is 4.42. The van der Waals surface area contributed by atoms with Crippen molar-refractivity contribution in [3.05, 3.63) is 21.9 Å². The molecule has 0 aromatic carbocycles. The molecule has 0 amide bonds. The van der Waals surface area contributed by atoms with Crippen LogP contribution >= 0.6 is 11.3 Å². The molecule has 1 aromatic heterocycles. The van der Waals surface area contributed by atoms with Gasteiger partial charge in [-0.05, 0) is 45.4 Å². The molecule has 0 bridgehead atoms. The van der Waals surface area contributed by atoms with Gasteiger partial charge in [0.25, 0.3) is 0 Å². The highest BCUT2D eigenvalue weighted by atomic mass is 32.1. The quantitative estimate of drug-likeness (QED) is 0.747. The van der Waals surface area contributed by atoms with Crippen molar-refractivity contribution in [3.8, 4) is 0 Å². The summed E-state index contributed by atoms with van der Waals surface area (Å²) in [7, 11) is 0. The van der Waals surface area contributed by atoms with E-state index < -0.39 is 0 Å². The molecule has 0 saturated carbocycles. The molecule has 78 valence electrons. The summed E-state index contributed by atoms with van der Waals surface area (Å²) in [4.78, 5) is 2.93. The van der Waals surface area contributed by atoms with E-state index in [1.807, 2.05) is 11.3 Å². The normalized spacial score (nSPS) is 28.7. The lowest BCUT2D eigenvalue weighted by Crippen LogP contribution is -2.37. The molecule has 1 aliphatic heterocycles. The van der Waals surface area contributed by atoms with Crippen molar-refractivity contribution in [1.82, 2.24) is 5.32 Å². The predicted octanol–water partition coefficient (Wildman–Crippen LogP) is 3.44. The minimum absolute atomic E-state index is 0.245. The summed E-state index contributed by atoms with van der Waals surface area (Å²) in [5, 5.41) is 3.70. The minimum atomic E-state index is 0.245. The van der Waals surface area contributed by atoms with Gasteiger partial charge in [0, 0.05) is 15.3 Å². The topological polar surface area (TPSA) is 12.0 Å². The zero-order chi connectivity index (χ0) is 10.0. The van der Waals surface area contributed by atoms with Crippen LogP contribution in [0.1, 0.15) is 42.4 Å². The molecule has 0 spiro atoms. The zero-order valence-corrected chi connectivity index (χ0v) is 9.91. The van der Waals surface area contributed by atoms with Gasteiger partial charge in [0.05, 0.1) is 0 Å². The Hall–Kier alpha value is -0.340. The van der Waals surface area contributed by atoms with Gasteiger partial charge in [0.1, 0.15) is 0 Å². The van der Waals surface area contributed by atoms with Crippen LogP contribution in [0, 0.1) is 6.92 Å². The van der Waals surface area contributed by atoms with E-state index in [1.165, 1.54) is 42.0 Å². The van der Waals surface area contributed by atoms with Crippen molar-refractivity contribution < 1.29 is 0 Å². The molecular weight excluding hydrogens is 190 g/mol. The van der Waals surface area contributed by atoms with Gasteiger partial charge in [-0.3, -0.25) is 0 Å². The Kier molecular flexibility index (Phi) is 2.93. The molecule has 1 aromatic rings. The molecule has 2 heterocycles. The van der Waals surface area contributed by atoms with E-state index in [1.54, 1.807) is 0 Å². The van der Waals surface area contributed by atoms with Crippen LogP contribution in [0.2, 0.25) is 0 Å². The molecule has 1 aliphatic rings. The Morgan fingerprint density at radius 3 is 2.86 bits per heavy atom. The second-order valence-corrected chi connectivity index (χ2v) is 5.77. The number of hydrogen-bond acceptors (Lipinski definition) is 2. The maximum atomic E-state index is 3.70. The van der Waals surface area contributed by atoms with Crippen molar-refractivity contribution in [2.75, 3.05) is 6.54 Å². The first-order valence-electron chi connectivity index (χ1n) is 5.53. The monoisotopic (exact) mass is 209 g/mol. The highest BCUT2D eigenvalue weighted by molar-refractivity contribution is 7.12. The first-order chi connectivity index (χ1) is 6.71. The fourth-order valence-corrected chi connectivity index (χ4v) is 3.19. The van der Waals surface area contributed by atoms with Gasteiger partial charge in [-0.2, -0.15) is 0 Å². The number of aryl methyl sites for hydroxylation is 1. The van der Waals surface area contributed by atoms with Crippen LogP contribution in [-0.4, -0.2) is 6.54 Å². The molecule has 14 heavy (non-hydrogen) atoms. The standard InChI is InChI=1S/C12H19NS/c1-10-6-7-11(14-10)12(2)8-4-3-5-9-13-12/h6-7,13H,3-5,8-9H2,1-2H3. The van der Waals surface area contributed by atoms with E-state index in [2.05, 4.69) is 31.3 Å². The summed E-state index contributed by atoms with van der Waals surface area (Å²) in [5.74, 6) is 0. The molecule has 1 unspecified atom stereocenters. The fourth-order valence-electron chi connectivity index (χ4n) is 2.17. The Labute approximate surface area is 90.5 Å². The molecule has 0 radical (unpaired) electrons. The summed E-state index contributed by atoms with van der Waals surface area (Å²) in [6.45, 7) is 5.71. The summed E-state index contributed by atoms with van der Waals surface area (Å²) >= 11 is 1.94. The highest BCUT2D eigenvalue weighted by Crippen LogP contribution is 2.33. The zero-order valence-electron chi connectivity index (χ0n) is 9.10. The second-order valence-electron chi connectivity index (χ2n) is 4.48. The smallest absolute Gasteiger partial charge is 0.0500 e. The van der Waals surface area contributed by atoms with Crippen molar-refractivity contribution in [2.24, 2.45) is 0 Å². The number of nitrogens with one attached hydrogen (secondary N) is 1. The van der Waals surface area contributed by atoms with E-state index in [-0.39, 0.29) is 5.54 Å². The number of thiophene rings is 1. The van der Waals surface area contributed by atoms with Crippen LogP contribution in [0.5, 0.6) is 0 Å². The number of hydrogen-bond donors (Lipinski definition) is 1. The maximum Gasteiger partial charge on any atom is 0.0500 e. The Balaban J connectivity index is 2.20. The minimum Gasteiger partial charge on any atom is -0.307 e. The lowest BCUT2D eigenvalue weighted by atomic mass is 9.94. The van der Waals surface area contributed by atoms with Gasteiger partial charge in [0.2, 0.25) is 0 Å². The molecule has 1 N–H and O–H groups in total. The third-order valence-electron chi connectivity index (χ3n) is 3.15. The summed E-state index contributed by atoms with van der Waals surface area (Å²) in [6, 6.07) is 4.52. The molecule has 0 aliphatic carbocycles. The maximum absolute atomic E-state index is 3.70. The molecule has 1 saturated heterocycles. The van der Waals surface area contributed by atoms with Gasteiger partial charge in [-0.15, -0.1) is 11.3 Å². The van der Waals surface area contributed by atoms with Crippen LogP contribution in [0.4, 0.5) is 0 Å². The van der Waals surface area contributed by atoms with Crippen molar-refractivity contribution >= 4 is 11.3 Å². The van der Waals surface area contributed by atoms with E-state index >= 15 is 0 Å². The lowest BCUT2D eigenvalue weighted by molar-refractivity contribution is 0.367. The van der Waals surface area contributed by atoms with Crippen molar-refractivity contribution in [2.45, 2.75) is 45.1 Å². The Morgan fingerprint density at radius 2 is 2.14 bits per heavy atom. The van der Waals surface area contributed by atoms with Gasteiger partial charge >= 0.3 is 0 Å². The summed E-state index contributed by atoms with van der Waals surface area (Å²) < 4.78 is 0. The van der Waals surface area contributed by atoms with E-state index in [9.17, 15) is 0 Å². The van der Waals surface area contributed by atoms with Gasteiger partial charge < -0.3 is 5.32 Å². The van der Waals surface area contributed by atoms with E-state index in [4.69, 9.17) is 0 Å². The fraction of sp³-hybridized carbons (Fsp3) is 0.667. The van der Waals surface area contributed by atoms with E-state index in [0.29, 0.717) is 0 Å². The van der Waals surface area contributed by atoms with Crippen molar-refractivity contribution in [1.29, 1.82) is 0 Å². The summed E-state index contributed by atoms with van der Waals surface area (Å²) in [5.41, 5.74) is 0.245. The van der Waals surface area contributed by atoms with Crippen molar-refractivity contribution in [3.63, 3.8) is 0 Å². The first-order valence-corrected chi connectivity index (χ1v) is 6.34. The van der Waals surface area contributed by atoms with Crippen LogP contribution < -0.4 is 5.32 Å². The van der Waals surface area contributed by atoms with Gasteiger partial charge in [0.15, 0.2) is 0 Å². The molecular formula is C12H19NS. The molecule has 2 heteroatoms. The van der Waals surface area contributed by atoms with Crippen LogP contribution in [0.15, 0.2) is 12.1 Å². The van der Waals surface area contributed by atoms with Crippen LogP contribution in [-0.2, 0) is 5.54 Å². The van der Waals surface area contributed by atoms with Gasteiger partial charge in [-0.25, -0.2) is 0 Å². The third kappa shape index (κ3) is 2.01. The number of rotatable bonds is 1. The van der Waals surface area contributed by atoms with Crippen LogP contribution in [0.25, 0.3) is 0 Å². The predicted molar refractivity (Wildman–Crippen MR) is 62.9 cm³/mol. The average Bonchev–Trinajstić information content (AvgIpc) is 2.47. The molecule has 1 nitrogen and oxygen atoms in total. The Morgan fingerprint density at radius 1 is 1.29 bits per heavy atom. The highest BCUT2D eigenvalue weighted by Gasteiger charge is 2.28. The average molecular weight is 209 g/mol. The van der Waals surface area contributed by atoms with E-state index in [0.717, 1.165) is 0 Å². The molecule has 2 rings (SSSR count). The summed E-state index contributed by atoms with van der Waals surface area (Å²) in [6.07, 6.45) is 5.36. The largest absolute Gasteiger partial charge is 0.307 e. The Bertz CT molecular complexity index is 295. The molecule has 1 atom stereocenters. The lowest BCUT2D eigenvalue weighted by Gasteiger charge is -2.28. The SMILES string of the molecule is Cc1ccc(C2(C)CCCCCN2)s1. The first kappa shape index (κ1) is 10.2. The van der Waals surface area contributed by atoms with Crippen LogP contribution in [0.3, 0.4) is 0 Å². The molecule has 1 fully saturated rings. The van der Waals surface area contributed by atoms with Gasteiger partial charge in [-0.1, -0.05) is 12.8 Å².